The van der Waals surface area contributed by atoms with Crippen LogP contribution in [-0.4, -0.2) is 67.8 Å². The van der Waals surface area contributed by atoms with E-state index in [1.54, 1.807) is 13.8 Å². The third-order valence-corrected chi connectivity index (χ3v) is 5.45. The van der Waals surface area contributed by atoms with E-state index in [1.807, 2.05) is 18.7 Å². The average Bonchev–Trinajstić information content (AvgIpc) is 2.94. The van der Waals surface area contributed by atoms with Crippen molar-refractivity contribution in [2.75, 3.05) is 38.2 Å². The number of morpholine rings is 1. The van der Waals surface area contributed by atoms with Gasteiger partial charge in [0.25, 0.3) is 0 Å². The van der Waals surface area contributed by atoms with Gasteiger partial charge < -0.3 is 19.5 Å². The summed E-state index contributed by atoms with van der Waals surface area (Å²) in [7, 11) is 0. The Balaban J connectivity index is 2.20. The van der Waals surface area contributed by atoms with E-state index in [9.17, 15) is 14.4 Å². The van der Waals surface area contributed by atoms with Gasteiger partial charge in [0.2, 0.25) is 5.91 Å². The summed E-state index contributed by atoms with van der Waals surface area (Å²) in [6.07, 6.45) is 1.54. The SMILES string of the molecule is C=CCOC(=O)c1sc(NC(=O)CN2C[C@H](C)O[C@@H](C)C2)c(C(=O)OCC)c1C. The molecule has 1 amide bonds. The van der Waals surface area contributed by atoms with Crippen molar-refractivity contribution in [3.8, 4) is 0 Å². The zero-order valence-electron chi connectivity index (χ0n) is 17.3. The first kappa shape index (κ1) is 23.1. The fourth-order valence-electron chi connectivity index (χ4n) is 3.23. The molecule has 0 saturated carbocycles. The molecule has 0 spiro atoms. The smallest absolute Gasteiger partial charge is 0.348 e. The first-order chi connectivity index (χ1) is 13.8. The number of hydrogen-bond donors (Lipinski definition) is 1. The average molecular weight is 425 g/mol. The highest BCUT2D eigenvalue weighted by Crippen LogP contribution is 2.34. The number of esters is 2. The van der Waals surface area contributed by atoms with E-state index in [0.717, 1.165) is 11.3 Å². The summed E-state index contributed by atoms with van der Waals surface area (Å²) in [5.74, 6) is -1.44. The van der Waals surface area contributed by atoms with Crippen molar-refractivity contribution >= 4 is 34.2 Å². The molecule has 2 atom stereocenters. The number of rotatable bonds is 8. The number of nitrogens with one attached hydrogen (secondary N) is 1. The zero-order valence-corrected chi connectivity index (χ0v) is 18.1. The highest BCUT2D eigenvalue weighted by Gasteiger charge is 2.28. The van der Waals surface area contributed by atoms with E-state index >= 15 is 0 Å². The first-order valence-electron chi connectivity index (χ1n) is 9.52. The van der Waals surface area contributed by atoms with Crippen LogP contribution in [0.1, 0.15) is 46.4 Å². The summed E-state index contributed by atoms with van der Waals surface area (Å²) in [6, 6.07) is 0. The van der Waals surface area contributed by atoms with Crippen LogP contribution in [-0.2, 0) is 19.0 Å². The van der Waals surface area contributed by atoms with E-state index in [2.05, 4.69) is 11.9 Å². The van der Waals surface area contributed by atoms with Crippen LogP contribution in [0.25, 0.3) is 0 Å². The van der Waals surface area contributed by atoms with E-state index in [4.69, 9.17) is 14.2 Å². The fraction of sp³-hybridized carbons (Fsp3) is 0.550. The van der Waals surface area contributed by atoms with E-state index in [1.165, 1.54) is 6.08 Å². The molecule has 2 rings (SSSR count). The molecule has 1 aliphatic heterocycles. The summed E-state index contributed by atoms with van der Waals surface area (Å²) in [5, 5.41) is 3.05. The van der Waals surface area contributed by atoms with Crippen LogP contribution in [0.3, 0.4) is 0 Å². The van der Waals surface area contributed by atoms with Crippen molar-refractivity contribution in [2.24, 2.45) is 0 Å². The van der Waals surface area contributed by atoms with Gasteiger partial charge in [0.1, 0.15) is 16.5 Å². The standard InChI is InChI=1S/C20H28N2O6S/c1-6-8-27-20(25)17-14(5)16(19(24)26-7-2)18(29-17)21-15(23)11-22-9-12(3)28-13(4)10-22/h6,12-13H,1,7-11H2,2-5H3,(H,21,23)/t12-,13-/m0/s1. The minimum Gasteiger partial charge on any atom is -0.462 e. The van der Waals surface area contributed by atoms with Crippen molar-refractivity contribution in [3.63, 3.8) is 0 Å². The minimum atomic E-state index is -0.590. The minimum absolute atomic E-state index is 0.0388. The van der Waals surface area contributed by atoms with Crippen LogP contribution < -0.4 is 5.32 Å². The van der Waals surface area contributed by atoms with Crippen LogP contribution in [0, 0.1) is 6.92 Å². The van der Waals surface area contributed by atoms with Crippen molar-refractivity contribution in [1.29, 1.82) is 0 Å². The number of hydrogen-bond acceptors (Lipinski definition) is 8. The molecule has 1 aromatic heterocycles. The Morgan fingerprint density at radius 3 is 2.48 bits per heavy atom. The number of anilines is 1. The van der Waals surface area contributed by atoms with Crippen molar-refractivity contribution in [3.05, 3.63) is 28.7 Å². The van der Waals surface area contributed by atoms with Gasteiger partial charge in [-0.2, -0.15) is 0 Å². The number of amides is 1. The largest absolute Gasteiger partial charge is 0.462 e. The Bertz CT molecular complexity index is 765. The van der Waals surface area contributed by atoms with Gasteiger partial charge >= 0.3 is 11.9 Å². The maximum absolute atomic E-state index is 12.6. The lowest BCUT2D eigenvalue weighted by molar-refractivity contribution is -0.121. The number of nitrogens with zero attached hydrogens (tertiary/aromatic N) is 1. The third-order valence-electron chi connectivity index (χ3n) is 4.26. The van der Waals surface area contributed by atoms with Crippen LogP contribution >= 0.6 is 11.3 Å². The molecule has 1 aliphatic rings. The van der Waals surface area contributed by atoms with Crippen LogP contribution in [0.4, 0.5) is 5.00 Å². The van der Waals surface area contributed by atoms with Gasteiger partial charge in [0.05, 0.1) is 30.9 Å². The van der Waals surface area contributed by atoms with E-state index < -0.39 is 11.9 Å². The second-order valence-corrected chi connectivity index (χ2v) is 7.89. The van der Waals surface area contributed by atoms with Crippen LogP contribution in [0.2, 0.25) is 0 Å². The highest BCUT2D eigenvalue weighted by molar-refractivity contribution is 7.18. The second-order valence-electron chi connectivity index (χ2n) is 6.87. The van der Waals surface area contributed by atoms with Crippen LogP contribution in [0.15, 0.2) is 12.7 Å². The molecule has 0 unspecified atom stereocenters. The molecule has 1 N–H and O–H groups in total. The molecule has 160 valence electrons. The number of ether oxygens (including phenoxy) is 3. The Kier molecular flexibility index (Phi) is 8.36. The lowest BCUT2D eigenvalue weighted by atomic mass is 10.1. The summed E-state index contributed by atoms with van der Waals surface area (Å²) in [6.45, 7) is 12.4. The summed E-state index contributed by atoms with van der Waals surface area (Å²) >= 11 is 1.01. The van der Waals surface area contributed by atoms with Crippen molar-refractivity contribution < 1.29 is 28.6 Å². The molecular weight excluding hydrogens is 396 g/mol. The molecule has 29 heavy (non-hydrogen) atoms. The van der Waals surface area contributed by atoms with E-state index in [0.29, 0.717) is 18.7 Å². The summed E-state index contributed by atoms with van der Waals surface area (Å²) < 4.78 is 15.9. The highest BCUT2D eigenvalue weighted by atomic mass is 32.1. The normalized spacial score (nSPS) is 19.4. The van der Waals surface area contributed by atoms with Gasteiger partial charge in [-0.3, -0.25) is 9.69 Å². The first-order valence-corrected chi connectivity index (χ1v) is 10.3. The Morgan fingerprint density at radius 2 is 1.90 bits per heavy atom. The van der Waals surface area contributed by atoms with Gasteiger partial charge in [-0.1, -0.05) is 12.7 Å². The lowest BCUT2D eigenvalue weighted by Crippen LogP contribution is -2.48. The Labute approximate surface area is 174 Å². The third kappa shape index (κ3) is 6.12. The number of thiophene rings is 1. The molecule has 0 aliphatic carbocycles. The molecule has 8 nitrogen and oxygen atoms in total. The summed E-state index contributed by atoms with van der Waals surface area (Å²) in [4.78, 5) is 39.6. The molecule has 9 heteroatoms. The zero-order chi connectivity index (χ0) is 21.6. The maximum Gasteiger partial charge on any atom is 0.348 e. The molecule has 2 heterocycles. The van der Waals surface area contributed by atoms with E-state index in [-0.39, 0.29) is 53.3 Å². The predicted molar refractivity (Wildman–Crippen MR) is 111 cm³/mol. The Morgan fingerprint density at radius 1 is 1.24 bits per heavy atom. The molecule has 1 aromatic rings. The number of carbonyl (C=O) groups excluding carboxylic acids is 3. The second kappa shape index (κ2) is 10.5. The lowest BCUT2D eigenvalue weighted by Gasteiger charge is -2.34. The fourth-order valence-corrected chi connectivity index (χ4v) is 4.33. The monoisotopic (exact) mass is 424 g/mol. The molecule has 1 fully saturated rings. The van der Waals surface area contributed by atoms with Gasteiger partial charge in [-0.05, 0) is 33.3 Å². The van der Waals surface area contributed by atoms with Gasteiger partial charge in [-0.15, -0.1) is 11.3 Å². The molecule has 1 saturated heterocycles. The van der Waals surface area contributed by atoms with Gasteiger partial charge in [0, 0.05) is 13.1 Å². The van der Waals surface area contributed by atoms with Gasteiger partial charge in [-0.25, -0.2) is 9.59 Å². The molecule has 0 bridgehead atoms. The molecule has 0 radical (unpaired) electrons. The van der Waals surface area contributed by atoms with Gasteiger partial charge in [0.15, 0.2) is 0 Å². The van der Waals surface area contributed by atoms with Crippen molar-refractivity contribution in [1.82, 2.24) is 4.90 Å². The topological polar surface area (TPSA) is 94.2 Å². The predicted octanol–water partition coefficient (Wildman–Crippen LogP) is 2.62. The van der Waals surface area contributed by atoms with Crippen LogP contribution in [0.5, 0.6) is 0 Å². The maximum atomic E-state index is 12.6. The molecular formula is C20H28N2O6S. The molecule has 0 aromatic carbocycles. The number of carbonyl (C=O) groups is 3. The summed E-state index contributed by atoms with van der Waals surface area (Å²) in [5.41, 5.74) is 0.603. The van der Waals surface area contributed by atoms with Crippen molar-refractivity contribution in [2.45, 2.75) is 39.9 Å². The Hall–Kier alpha value is -2.23. The quantitative estimate of drug-likeness (QED) is 0.506.